The van der Waals surface area contributed by atoms with Gasteiger partial charge in [0.05, 0.1) is 32.1 Å². The lowest BCUT2D eigenvalue weighted by Crippen LogP contribution is -2.35. The fraction of sp³-hybridized carbons (Fsp3) is 0.450. The average Bonchev–Trinajstić information content (AvgIpc) is 3.12. The number of rotatable bonds is 6. The third-order valence-electron chi connectivity index (χ3n) is 5.25. The van der Waals surface area contributed by atoms with Crippen molar-refractivity contribution in [3.63, 3.8) is 0 Å². The van der Waals surface area contributed by atoms with Crippen LogP contribution in [0.5, 0.6) is 0 Å². The van der Waals surface area contributed by atoms with Crippen molar-refractivity contribution in [2.24, 2.45) is 11.3 Å². The van der Waals surface area contributed by atoms with Crippen molar-refractivity contribution in [3.05, 3.63) is 65.7 Å². The lowest BCUT2D eigenvalue weighted by Gasteiger charge is -2.27. The van der Waals surface area contributed by atoms with Gasteiger partial charge in [-0.25, -0.2) is 4.39 Å². The minimum Gasteiger partial charge on any atom is -0.380 e. The molecular weight excluding hydrogens is 319 g/mol. The number of fused-ring (bicyclic) bond motifs is 1. The van der Waals surface area contributed by atoms with Crippen LogP contribution in [-0.2, 0) is 22.6 Å². The standard InChI is InChI=1S/C20H23FN2O2/c21-18-5-3-4-16(8-18)9-23-10-17-11-24-14-20(17,13-23)15-25-12-19-6-1-2-7-22-19/h1-8,17H,9-15H2/t17-,20+/m1/s1. The lowest BCUT2D eigenvalue weighted by molar-refractivity contribution is 0.0171. The molecule has 5 heteroatoms. The van der Waals surface area contributed by atoms with E-state index in [4.69, 9.17) is 9.47 Å². The van der Waals surface area contributed by atoms with Crippen molar-refractivity contribution in [1.82, 2.24) is 9.88 Å². The zero-order valence-corrected chi connectivity index (χ0v) is 14.2. The number of pyridine rings is 1. The number of hydrogen-bond donors (Lipinski definition) is 0. The average molecular weight is 342 g/mol. The molecule has 0 bridgehead atoms. The van der Waals surface area contributed by atoms with Gasteiger partial charge in [0.25, 0.3) is 0 Å². The Morgan fingerprint density at radius 2 is 2.24 bits per heavy atom. The highest BCUT2D eigenvalue weighted by atomic mass is 19.1. The van der Waals surface area contributed by atoms with E-state index in [1.54, 1.807) is 18.3 Å². The Bertz CT molecular complexity index is 712. The van der Waals surface area contributed by atoms with Crippen LogP contribution in [0, 0.1) is 17.2 Å². The van der Waals surface area contributed by atoms with E-state index in [1.165, 1.54) is 6.07 Å². The number of nitrogens with zero attached hydrogens (tertiary/aromatic N) is 2. The molecule has 1 aromatic heterocycles. The molecule has 2 aromatic rings. The number of likely N-dealkylation sites (tertiary alicyclic amines) is 1. The summed E-state index contributed by atoms with van der Waals surface area (Å²) in [5, 5.41) is 0. The van der Waals surface area contributed by atoms with Crippen LogP contribution in [0.25, 0.3) is 0 Å². The molecule has 0 saturated carbocycles. The van der Waals surface area contributed by atoms with Gasteiger partial charge in [-0.2, -0.15) is 0 Å². The summed E-state index contributed by atoms with van der Waals surface area (Å²) in [5.74, 6) is 0.304. The molecule has 2 aliphatic heterocycles. The Morgan fingerprint density at radius 1 is 1.28 bits per heavy atom. The Morgan fingerprint density at radius 3 is 3.08 bits per heavy atom. The second-order valence-electron chi connectivity index (χ2n) is 7.19. The van der Waals surface area contributed by atoms with Gasteiger partial charge in [0.15, 0.2) is 0 Å². The summed E-state index contributed by atoms with van der Waals surface area (Å²) >= 11 is 0. The van der Waals surface area contributed by atoms with Gasteiger partial charge in [0.2, 0.25) is 0 Å². The molecular formula is C20H23FN2O2. The summed E-state index contributed by atoms with van der Waals surface area (Å²) in [6, 6.07) is 12.7. The molecule has 0 spiro atoms. The van der Waals surface area contributed by atoms with E-state index < -0.39 is 0 Å². The minimum absolute atomic E-state index is 0.0438. The van der Waals surface area contributed by atoms with Gasteiger partial charge in [-0.15, -0.1) is 0 Å². The van der Waals surface area contributed by atoms with Gasteiger partial charge in [-0.05, 0) is 29.8 Å². The highest BCUT2D eigenvalue weighted by molar-refractivity contribution is 5.17. The molecule has 0 radical (unpaired) electrons. The van der Waals surface area contributed by atoms with Crippen LogP contribution in [0.15, 0.2) is 48.7 Å². The second-order valence-corrected chi connectivity index (χ2v) is 7.19. The smallest absolute Gasteiger partial charge is 0.123 e. The third-order valence-corrected chi connectivity index (χ3v) is 5.25. The van der Waals surface area contributed by atoms with Crippen molar-refractivity contribution >= 4 is 0 Å². The van der Waals surface area contributed by atoms with Gasteiger partial charge in [0, 0.05) is 37.2 Å². The first-order valence-electron chi connectivity index (χ1n) is 8.76. The second kappa shape index (κ2) is 7.20. The topological polar surface area (TPSA) is 34.6 Å². The molecule has 1 aromatic carbocycles. The fourth-order valence-electron chi connectivity index (χ4n) is 4.00. The summed E-state index contributed by atoms with van der Waals surface area (Å²) < 4.78 is 25.2. The maximum absolute atomic E-state index is 13.4. The van der Waals surface area contributed by atoms with Crippen LogP contribution in [0.4, 0.5) is 4.39 Å². The minimum atomic E-state index is -0.173. The van der Waals surface area contributed by atoms with Crippen LogP contribution in [0.3, 0.4) is 0 Å². The van der Waals surface area contributed by atoms with Crippen LogP contribution < -0.4 is 0 Å². The van der Waals surface area contributed by atoms with Crippen LogP contribution in [-0.4, -0.2) is 42.8 Å². The van der Waals surface area contributed by atoms with Crippen molar-refractivity contribution in [2.45, 2.75) is 13.2 Å². The quantitative estimate of drug-likeness (QED) is 0.808. The number of benzene rings is 1. The lowest BCUT2D eigenvalue weighted by atomic mass is 9.82. The van der Waals surface area contributed by atoms with E-state index in [2.05, 4.69) is 9.88 Å². The number of aromatic nitrogens is 1. The van der Waals surface area contributed by atoms with E-state index >= 15 is 0 Å². The first-order chi connectivity index (χ1) is 12.2. The number of hydrogen-bond acceptors (Lipinski definition) is 4. The van der Waals surface area contributed by atoms with Crippen molar-refractivity contribution in [2.75, 3.05) is 32.9 Å². The highest BCUT2D eigenvalue weighted by Gasteiger charge is 2.50. The maximum Gasteiger partial charge on any atom is 0.123 e. The van der Waals surface area contributed by atoms with Crippen molar-refractivity contribution in [3.8, 4) is 0 Å². The predicted molar refractivity (Wildman–Crippen MR) is 92.3 cm³/mol. The molecule has 4 nitrogen and oxygen atoms in total. The van der Waals surface area contributed by atoms with Gasteiger partial charge in [-0.1, -0.05) is 18.2 Å². The maximum atomic E-state index is 13.4. The van der Waals surface area contributed by atoms with E-state index in [0.29, 0.717) is 19.1 Å². The summed E-state index contributed by atoms with van der Waals surface area (Å²) in [4.78, 5) is 6.70. The van der Waals surface area contributed by atoms with Gasteiger partial charge >= 0.3 is 0 Å². The number of halogens is 1. The molecule has 0 aliphatic carbocycles. The van der Waals surface area contributed by atoms with Crippen molar-refractivity contribution < 1.29 is 13.9 Å². The van der Waals surface area contributed by atoms with Gasteiger partial charge in [0.1, 0.15) is 5.82 Å². The Labute approximate surface area is 147 Å². The van der Waals surface area contributed by atoms with Crippen LogP contribution >= 0.6 is 0 Å². The number of ether oxygens (including phenoxy) is 2. The zero-order valence-electron chi connectivity index (χ0n) is 14.2. The Kier molecular flexibility index (Phi) is 4.79. The summed E-state index contributed by atoms with van der Waals surface area (Å²) in [7, 11) is 0. The monoisotopic (exact) mass is 342 g/mol. The van der Waals surface area contributed by atoms with Crippen LogP contribution in [0.2, 0.25) is 0 Å². The molecule has 3 heterocycles. The largest absolute Gasteiger partial charge is 0.380 e. The summed E-state index contributed by atoms with van der Waals surface area (Å²) in [5.41, 5.74) is 2.01. The Balaban J connectivity index is 1.37. The van der Waals surface area contributed by atoms with Crippen LogP contribution in [0.1, 0.15) is 11.3 Å². The fourth-order valence-corrected chi connectivity index (χ4v) is 4.00. The van der Waals surface area contributed by atoms with E-state index in [0.717, 1.165) is 44.1 Å². The molecule has 0 amide bonds. The SMILES string of the molecule is Fc1cccc(CN2C[C@@H]3COC[C@]3(COCc3ccccn3)C2)c1. The molecule has 2 aliphatic rings. The molecule has 25 heavy (non-hydrogen) atoms. The molecule has 0 N–H and O–H groups in total. The predicted octanol–water partition coefficient (Wildman–Crippen LogP) is 2.89. The molecule has 4 rings (SSSR count). The molecule has 0 unspecified atom stereocenters. The highest BCUT2D eigenvalue weighted by Crippen LogP contribution is 2.42. The van der Waals surface area contributed by atoms with E-state index in [-0.39, 0.29) is 11.2 Å². The first-order valence-corrected chi connectivity index (χ1v) is 8.76. The van der Waals surface area contributed by atoms with E-state index in [1.807, 2.05) is 24.3 Å². The third kappa shape index (κ3) is 3.73. The molecule has 132 valence electrons. The normalized spacial score (nSPS) is 26.0. The Hall–Kier alpha value is -1.82. The van der Waals surface area contributed by atoms with E-state index in [9.17, 15) is 4.39 Å². The summed E-state index contributed by atoms with van der Waals surface area (Å²) in [6.07, 6.45) is 1.79. The molecule has 2 saturated heterocycles. The zero-order chi connectivity index (χ0) is 17.1. The molecule has 2 atom stereocenters. The van der Waals surface area contributed by atoms with Crippen molar-refractivity contribution in [1.29, 1.82) is 0 Å². The summed E-state index contributed by atoms with van der Waals surface area (Å²) in [6.45, 7) is 5.40. The molecule has 2 fully saturated rings. The first kappa shape index (κ1) is 16.6. The van der Waals surface area contributed by atoms with Gasteiger partial charge in [-0.3, -0.25) is 9.88 Å². The van der Waals surface area contributed by atoms with Gasteiger partial charge < -0.3 is 9.47 Å².